The lowest BCUT2D eigenvalue weighted by Gasteiger charge is -2.25. The molecule has 6 nitrogen and oxygen atoms in total. The average Bonchev–Trinajstić information content (AvgIpc) is 2.85. The number of rotatable bonds is 2. The Kier molecular flexibility index (Phi) is 3.63. The van der Waals surface area contributed by atoms with Crippen LogP contribution in [-0.2, 0) is 0 Å². The fraction of sp³-hybridized carbons (Fsp3) is 0.533. The third kappa shape index (κ3) is 2.76. The van der Waals surface area contributed by atoms with Crippen molar-refractivity contribution in [3.05, 3.63) is 29.2 Å². The van der Waals surface area contributed by atoms with Crippen molar-refractivity contribution in [2.75, 3.05) is 0 Å². The van der Waals surface area contributed by atoms with Crippen molar-refractivity contribution in [3.63, 3.8) is 0 Å². The second-order valence-electron chi connectivity index (χ2n) is 5.81. The van der Waals surface area contributed by atoms with Crippen LogP contribution in [0.25, 0.3) is 5.65 Å². The third-order valence-electron chi connectivity index (χ3n) is 4.05. The first-order chi connectivity index (χ1) is 10.0. The molecule has 0 radical (unpaired) electrons. The van der Waals surface area contributed by atoms with Crippen molar-refractivity contribution in [2.24, 2.45) is 0 Å². The van der Waals surface area contributed by atoms with Gasteiger partial charge in [-0.15, -0.1) is 0 Å². The largest absolute Gasteiger partial charge is 0.393 e. The molecule has 2 N–H and O–H groups in total. The molecule has 1 fully saturated rings. The van der Waals surface area contributed by atoms with Crippen LogP contribution in [0.15, 0.2) is 12.3 Å². The lowest BCUT2D eigenvalue weighted by molar-refractivity contribution is 0.0869. The summed E-state index contributed by atoms with van der Waals surface area (Å²) < 4.78 is 1.69. The molecule has 21 heavy (non-hydrogen) atoms. The van der Waals surface area contributed by atoms with Gasteiger partial charge >= 0.3 is 0 Å². The van der Waals surface area contributed by atoms with Crippen molar-refractivity contribution < 1.29 is 9.90 Å². The molecule has 0 aromatic carbocycles. The highest BCUT2D eigenvalue weighted by atomic mass is 16.3. The monoisotopic (exact) mass is 288 g/mol. The molecule has 1 aliphatic rings. The summed E-state index contributed by atoms with van der Waals surface area (Å²) in [5.41, 5.74) is 2.93. The zero-order valence-corrected chi connectivity index (χ0v) is 12.3. The number of fused-ring (bicyclic) bond motifs is 1. The molecule has 0 bridgehead atoms. The fourth-order valence-corrected chi connectivity index (χ4v) is 2.91. The van der Waals surface area contributed by atoms with Gasteiger partial charge in [0.2, 0.25) is 0 Å². The highest BCUT2D eigenvalue weighted by molar-refractivity contribution is 5.99. The van der Waals surface area contributed by atoms with Gasteiger partial charge in [-0.3, -0.25) is 4.79 Å². The normalized spacial score (nSPS) is 22.4. The lowest BCUT2D eigenvalue weighted by Crippen LogP contribution is -2.38. The molecule has 0 unspecified atom stereocenters. The van der Waals surface area contributed by atoms with Crippen LogP contribution in [0.2, 0.25) is 0 Å². The van der Waals surface area contributed by atoms with Gasteiger partial charge in [-0.25, -0.2) is 9.50 Å². The van der Waals surface area contributed by atoms with Gasteiger partial charge in [0.1, 0.15) is 5.56 Å². The molecular weight excluding hydrogens is 268 g/mol. The van der Waals surface area contributed by atoms with Gasteiger partial charge in [-0.2, -0.15) is 5.10 Å². The molecule has 0 aliphatic heterocycles. The van der Waals surface area contributed by atoms with Gasteiger partial charge in [-0.1, -0.05) is 0 Å². The Bertz CT molecular complexity index is 672. The standard InChI is InChI=1S/C15H20N4O2/c1-9-7-10(2)19-14(17-9)13(8-16-19)15(21)18-11-3-5-12(20)6-4-11/h7-8,11-12,20H,3-6H2,1-2H3,(H,18,21). The van der Waals surface area contributed by atoms with E-state index in [1.807, 2.05) is 19.9 Å². The van der Waals surface area contributed by atoms with Crippen molar-refractivity contribution in [1.82, 2.24) is 19.9 Å². The molecule has 2 aromatic heterocycles. The maximum atomic E-state index is 12.4. The fourth-order valence-electron chi connectivity index (χ4n) is 2.91. The lowest BCUT2D eigenvalue weighted by atomic mass is 9.93. The second-order valence-corrected chi connectivity index (χ2v) is 5.81. The van der Waals surface area contributed by atoms with Crippen molar-refractivity contribution in [3.8, 4) is 0 Å². The van der Waals surface area contributed by atoms with Crippen LogP contribution in [0.3, 0.4) is 0 Å². The number of aliphatic hydroxyl groups is 1. The first-order valence-corrected chi connectivity index (χ1v) is 7.35. The van der Waals surface area contributed by atoms with Gasteiger partial charge in [0.05, 0.1) is 12.3 Å². The van der Waals surface area contributed by atoms with Crippen molar-refractivity contribution in [2.45, 2.75) is 51.7 Å². The minimum Gasteiger partial charge on any atom is -0.393 e. The number of hydrogen-bond acceptors (Lipinski definition) is 4. The van der Waals surface area contributed by atoms with Crippen LogP contribution in [0.1, 0.15) is 47.4 Å². The zero-order valence-electron chi connectivity index (χ0n) is 12.3. The van der Waals surface area contributed by atoms with E-state index in [1.165, 1.54) is 0 Å². The van der Waals surface area contributed by atoms with Crippen LogP contribution in [0, 0.1) is 13.8 Å². The summed E-state index contributed by atoms with van der Waals surface area (Å²) in [4.78, 5) is 16.8. The smallest absolute Gasteiger partial charge is 0.256 e. The molecule has 2 heterocycles. The highest BCUT2D eigenvalue weighted by Crippen LogP contribution is 2.19. The van der Waals surface area contributed by atoms with E-state index < -0.39 is 0 Å². The van der Waals surface area contributed by atoms with E-state index in [2.05, 4.69) is 15.4 Å². The number of nitrogens with one attached hydrogen (secondary N) is 1. The number of aryl methyl sites for hydroxylation is 2. The quantitative estimate of drug-likeness (QED) is 0.875. The first-order valence-electron chi connectivity index (χ1n) is 7.35. The SMILES string of the molecule is Cc1cc(C)n2ncc(C(=O)NC3CCC(O)CC3)c2n1. The van der Waals surface area contributed by atoms with E-state index in [-0.39, 0.29) is 18.1 Å². The van der Waals surface area contributed by atoms with Crippen molar-refractivity contribution in [1.29, 1.82) is 0 Å². The average molecular weight is 288 g/mol. The Morgan fingerprint density at radius 2 is 2.05 bits per heavy atom. The number of carbonyl (C=O) groups excluding carboxylic acids is 1. The predicted molar refractivity (Wildman–Crippen MR) is 78.2 cm³/mol. The molecule has 1 saturated carbocycles. The number of aromatic nitrogens is 3. The van der Waals surface area contributed by atoms with Gasteiger partial charge in [0.25, 0.3) is 5.91 Å². The van der Waals surface area contributed by atoms with Crippen LogP contribution in [0.4, 0.5) is 0 Å². The number of carbonyl (C=O) groups is 1. The maximum absolute atomic E-state index is 12.4. The summed E-state index contributed by atoms with van der Waals surface area (Å²) in [6.07, 6.45) is 4.48. The van der Waals surface area contributed by atoms with E-state index in [0.717, 1.165) is 37.1 Å². The Hall–Kier alpha value is -1.95. The summed E-state index contributed by atoms with van der Waals surface area (Å²) in [5, 5.41) is 16.8. The zero-order chi connectivity index (χ0) is 15.0. The van der Waals surface area contributed by atoms with Crippen molar-refractivity contribution >= 4 is 11.6 Å². The Balaban J connectivity index is 1.82. The predicted octanol–water partition coefficient (Wildman–Crippen LogP) is 1.38. The molecule has 112 valence electrons. The molecule has 6 heteroatoms. The van der Waals surface area contributed by atoms with E-state index >= 15 is 0 Å². The maximum Gasteiger partial charge on any atom is 0.256 e. The summed E-state index contributed by atoms with van der Waals surface area (Å²) >= 11 is 0. The molecule has 0 spiro atoms. The summed E-state index contributed by atoms with van der Waals surface area (Å²) in [6, 6.07) is 2.06. The summed E-state index contributed by atoms with van der Waals surface area (Å²) in [7, 11) is 0. The molecule has 1 amide bonds. The van der Waals surface area contributed by atoms with E-state index in [0.29, 0.717) is 11.2 Å². The Morgan fingerprint density at radius 1 is 1.33 bits per heavy atom. The Labute approximate surface area is 123 Å². The molecular formula is C15H20N4O2. The topological polar surface area (TPSA) is 79.5 Å². The molecule has 2 aromatic rings. The van der Waals surface area contributed by atoms with E-state index in [9.17, 15) is 9.90 Å². The molecule has 0 atom stereocenters. The van der Waals surface area contributed by atoms with Crippen LogP contribution in [-0.4, -0.2) is 37.8 Å². The highest BCUT2D eigenvalue weighted by Gasteiger charge is 2.23. The minimum absolute atomic E-state index is 0.127. The van der Waals surface area contributed by atoms with Gasteiger partial charge in [-0.05, 0) is 45.6 Å². The van der Waals surface area contributed by atoms with E-state index in [4.69, 9.17) is 0 Å². The number of hydrogen-bond donors (Lipinski definition) is 2. The van der Waals surface area contributed by atoms with Crippen LogP contribution in [0.5, 0.6) is 0 Å². The minimum atomic E-state index is -0.220. The molecule has 3 rings (SSSR count). The van der Waals surface area contributed by atoms with E-state index in [1.54, 1.807) is 10.7 Å². The van der Waals surface area contributed by atoms with Crippen LogP contribution >= 0.6 is 0 Å². The van der Waals surface area contributed by atoms with Gasteiger partial charge < -0.3 is 10.4 Å². The number of nitrogens with zero attached hydrogens (tertiary/aromatic N) is 3. The summed E-state index contributed by atoms with van der Waals surface area (Å²) in [5.74, 6) is -0.135. The van der Waals surface area contributed by atoms with Gasteiger partial charge in [0.15, 0.2) is 5.65 Å². The van der Waals surface area contributed by atoms with Crippen LogP contribution < -0.4 is 5.32 Å². The van der Waals surface area contributed by atoms with Gasteiger partial charge in [0, 0.05) is 17.4 Å². The molecule has 0 saturated heterocycles. The number of amides is 1. The Morgan fingerprint density at radius 3 is 2.76 bits per heavy atom. The third-order valence-corrected chi connectivity index (χ3v) is 4.05. The number of aliphatic hydroxyl groups excluding tert-OH is 1. The second kappa shape index (κ2) is 5.44. The first kappa shape index (κ1) is 14.0. The molecule has 1 aliphatic carbocycles. The summed E-state index contributed by atoms with van der Waals surface area (Å²) in [6.45, 7) is 3.85.